The maximum Gasteiger partial charge on any atom is 0.240 e. The first-order valence-corrected chi connectivity index (χ1v) is 9.60. The smallest absolute Gasteiger partial charge is 0.240 e. The molecule has 0 aliphatic carbocycles. The molecular weight excluding hydrogens is 314 g/mol. The molecule has 2 aliphatic heterocycles. The number of carbonyl (C=O) groups excluding carboxylic acids is 1. The maximum atomic E-state index is 12.4. The molecule has 0 aromatic heterocycles. The third-order valence-corrected chi connectivity index (χ3v) is 6.05. The highest BCUT2D eigenvalue weighted by Gasteiger charge is 2.25. The minimum Gasteiger partial charge on any atom is -0.314 e. The van der Waals surface area contributed by atoms with Crippen molar-refractivity contribution in [3.05, 3.63) is 23.8 Å². The van der Waals surface area contributed by atoms with E-state index in [2.05, 4.69) is 10.0 Å². The molecule has 1 atom stereocenters. The highest BCUT2D eigenvalue weighted by Crippen LogP contribution is 2.30. The number of carbonyl (C=O) groups is 1. The van der Waals surface area contributed by atoms with E-state index in [4.69, 9.17) is 0 Å². The summed E-state index contributed by atoms with van der Waals surface area (Å²) >= 11 is 0. The minimum atomic E-state index is -3.54. The van der Waals surface area contributed by atoms with Crippen LogP contribution >= 0.6 is 0 Å². The van der Waals surface area contributed by atoms with E-state index in [1.807, 2.05) is 6.07 Å². The lowest BCUT2D eigenvalue weighted by atomic mass is 10.2. The molecule has 0 spiro atoms. The number of benzene rings is 1. The molecule has 1 amide bonds. The summed E-state index contributed by atoms with van der Waals surface area (Å²) in [4.78, 5) is 13.5. The number of amides is 1. The van der Waals surface area contributed by atoms with Crippen molar-refractivity contribution in [3.8, 4) is 0 Å². The quantitative estimate of drug-likeness (QED) is 0.841. The summed E-state index contributed by atoms with van der Waals surface area (Å²) in [7, 11) is -3.54. The monoisotopic (exact) mass is 337 g/mol. The van der Waals surface area contributed by atoms with Gasteiger partial charge in [0.05, 0.1) is 4.90 Å². The van der Waals surface area contributed by atoms with Crippen molar-refractivity contribution in [2.75, 3.05) is 24.5 Å². The molecule has 1 aromatic rings. The molecule has 1 saturated heterocycles. The Labute approximate surface area is 137 Å². The standard InChI is InChI=1S/C16H23N3O3S/c1-12(20)19-10-7-13-4-5-15(11-16(13)19)23(21,22)18-9-6-14-3-2-8-17-14/h4-5,11,14,17-18H,2-3,6-10H2,1H3/t14-/m1/s1. The molecule has 0 radical (unpaired) electrons. The summed E-state index contributed by atoms with van der Waals surface area (Å²) in [6.07, 6.45) is 3.83. The number of hydrogen-bond donors (Lipinski definition) is 2. The van der Waals surface area contributed by atoms with Gasteiger partial charge in [-0.3, -0.25) is 4.79 Å². The molecule has 3 rings (SSSR count). The summed E-state index contributed by atoms with van der Waals surface area (Å²) in [5, 5.41) is 3.36. The van der Waals surface area contributed by atoms with Crippen LogP contribution in [0.15, 0.2) is 23.1 Å². The molecule has 2 aliphatic rings. The van der Waals surface area contributed by atoms with Crippen molar-refractivity contribution in [3.63, 3.8) is 0 Å². The first-order chi connectivity index (χ1) is 11.0. The largest absolute Gasteiger partial charge is 0.314 e. The van der Waals surface area contributed by atoms with Gasteiger partial charge < -0.3 is 10.2 Å². The Morgan fingerprint density at radius 2 is 2.26 bits per heavy atom. The van der Waals surface area contributed by atoms with Crippen LogP contribution in [0.1, 0.15) is 31.7 Å². The molecule has 2 N–H and O–H groups in total. The van der Waals surface area contributed by atoms with Crippen LogP contribution in [0.3, 0.4) is 0 Å². The number of nitrogens with one attached hydrogen (secondary N) is 2. The molecule has 0 unspecified atom stereocenters. The molecule has 1 aromatic carbocycles. The lowest BCUT2D eigenvalue weighted by molar-refractivity contribution is -0.116. The summed E-state index contributed by atoms with van der Waals surface area (Å²) in [5.74, 6) is -0.0569. The molecule has 0 saturated carbocycles. The topological polar surface area (TPSA) is 78.5 Å². The molecule has 0 bridgehead atoms. The van der Waals surface area contributed by atoms with E-state index in [1.165, 1.54) is 6.92 Å². The molecule has 6 nitrogen and oxygen atoms in total. The van der Waals surface area contributed by atoms with E-state index in [1.54, 1.807) is 17.0 Å². The highest BCUT2D eigenvalue weighted by molar-refractivity contribution is 7.89. The van der Waals surface area contributed by atoms with Gasteiger partial charge in [0.1, 0.15) is 0 Å². The van der Waals surface area contributed by atoms with Gasteiger partial charge in [0.25, 0.3) is 0 Å². The van der Waals surface area contributed by atoms with Crippen molar-refractivity contribution < 1.29 is 13.2 Å². The molecular formula is C16H23N3O3S. The Kier molecular flexibility index (Phi) is 4.70. The van der Waals surface area contributed by atoms with Crippen LogP contribution in [-0.2, 0) is 21.2 Å². The number of hydrogen-bond acceptors (Lipinski definition) is 4. The average Bonchev–Trinajstić information content (AvgIpc) is 3.15. The van der Waals surface area contributed by atoms with Gasteiger partial charge >= 0.3 is 0 Å². The zero-order chi connectivity index (χ0) is 16.4. The zero-order valence-corrected chi connectivity index (χ0v) is 14.2. The minimum absolute atomic E-state index is 0.0569. The Balaban J connectivity index is 1.70. The van der Waals surface area contributed by atoms with Gasteiger partial charge in [0.15, 0.2) is 0 Å². The maximum absolute atomic E-state index is 12.4. The van der Waals surface area contributed by atoms with Gasteiger partial charge in [0, 0.05) is 31.7 Å². The second kappa shape index (κ2) is 6.59. The van der Waals surface area contributed by atoms with Gasteiger partial charge in [-0.1, -0.05) is 6.07 Å². The molecule has 126 valence electrons. The van der Waals surface area contributed by atoms with E-state index < -0.39 is 10.0 Å². The number of anilines is 1. The van der Waals surface area contributed by atoms with Crippen molar-refractivity contribution in [2.24, 2.45) is 0 Å². The van der Waals surface area contributed by atoms with Crippen molar-refractivity contribution in [1.29, 1.82) is 0 Å². The van der Waals surface area contributed by atoms with Gasteiger partial charge in [-0.2, -0.15) is 0 Å². The summed E-state index contributed by atoms with van der Waals surface area (Å²) in [6, 6.07) is 5.45. The van der Waals surface area contributed by atoms with E-state index in [0.717, 1.165) is 43.5 Å². The predicted molar refractivity (Wildman–Crippen MR) is 89.0 cm³/mol. The first kappa shape index (κ1) is 16.4. The number of fused-ring (bicyclic) bond motifs is 1. The summed E-state index contributed by atoms with van der Waals surface area (Å²) in [5.41, 5.74) is 1.74. The summed E-state index contributed by atoms with van der Waals surface area (Å²) < 4.78 is 27.6. The SMILES string of the molecule is CC(=O)N1CCc2ccc(S(=O)(=O)NCC[C@H]3CCCN3)cc21. The Morgan fingerprint density at radius 3 is 2.96 bits per heavy atom. The van der Waals surface area contributed by atoms with Crippen LogP contribution in [0.2, 0.25) is 0 Å². The lowest BCUT2D eigenvalue weighted by Crippen LogP contribution is -2.31. The predicted octanol–water partition coefficient (Wildman–Crippen LogP) is 1.02. The van der Waals surface area contributed by atoms with Crippen LogP contribution in [0.4, 0.5) is 5.69 Å². The van der Waals surface area contributed by atoms with Crippen LogP contribution in [-0.4, -0.2) is 40.0 Å². The van der Waals surface area contributed by atoms with E-state index in [-0.39, 0.29) is 10.8 Å². The van der Waals surface area contributed by atoms with Crippen molar-refractivity contribution in [2.45, 2.75) is 43.5 Å². The van der Waals surface area contributed by atoms with Crippen molar-refractivity contribution in [1.82, 2.24) is 10.0 Å². The third kappa shape index (κ3) is 3.57. The van der Waals surface area contributed by atoms with Gasteiger partial charge in [-0.15, -0.1) is 0 Å². The highest BCUT2D eigenvalue weighted by atomic mass is 32.2. The van der Waals surface area contributed by atoms with E-state index in [0.29, 0.717) is 19.1 Å². The second-order valence-corrected chi connectivity index (χ2v) is 7.96. The van der Waals surface area contributed by atoms with Gasteiger partial charge in [-0.25, -0.2) is 13.1 Å². The molecule has 7 heteroatoms. The zero-order valence-electron chi connectivity index (χ0n) is 13.3. The summed E-state index contributed by atoms with van der Waals surface area (Å²) in [6.45, 7) is 3.56. The van der Waals surface area contributed by atoms with Crippen LogP contribution < -0.4 is 14.9 Å². The van der Waals surface area contributed by atoms with Gasteiger partial charge in [-0.05, 0) is 49.9 Å². The third-order valence-electron chi connectivity index (χ3n) is 4.59. The number of nitrogens with zero attached hydrogens (tertiary/aromatic N) is 1. The normalized spacial score (nSPS) is 20.7. The fraction of sp³-hybridized carbons (Fsp3) is 0.562. The first-order valence-electron chi connectivity index (χ1n) is 8.11. The number of rotatable bonds is 5. The molecule has 2 heterocycles. The lowest BCUT2D eigenvalue weighted by Gasteiger charge is -2.16. The second-order valence-electron chi connectivity index (χ2n) is 6.19. The fourth-order valence-electron chi connectivity index (χ4n) is 3.31. The van der Waals surface area contributed by atoms with E-state index in [9.17, 15) is 13.2 Å². The number of sulfonamides is 1. The Morgan fingerprint density at radius 1 is 1.43 bits per heavy atom. The molecule has 23 heavy (non-hydrogen) atoms. The Hall–Kier alpha value is -1.44. The van der Waals surface area contributed by atoms with E-state index >= 15 is 0 Å². The van der Waals surface area contributed by atoms with Crippen LogP contribution in [0.5, 0.6) is 0 Å². The molecule has 1 fully saturated rings. The average molecular weight is 337 g/mol. The Bertz CT molecular complexity index is 697. The van der Waals surface area contributed by atoms with Crippen LogP contribution in [0, 0.1) is 0 Å². The van der Waals surface area contributed by atoms with Crippen LogP contribution in [0.25, 0.3) is 0 Å². The fourth-order valence-corrected chi connectivity index (χ4v) is 4.37. The van der Waals surface area contributed by atoms with Crippen molar-refractivity contribution >= 4 is 21.6 Å². The van der Waals surface area contributed by atoms with Gasteiger partial charge in [0.2, 0.25) is 15.9 Å².